The number of nitrogens with zero attached hydrogens (tertiary/aromatic N) is 2. The van der Waals surface area contributed by atoms with Crippen LogP contribution in [0.25, 0.3) is 0 Å². The van der Waals surface area contributed by atoms with Gasteiger partial charge in [-0.2, -0.15) is 0 Å². The minimum Gasteiger partial charge on any atom is -0.465 e. The van der Waals surface area contributed by atoms with Gasteiger partial charge in [0.1, 0.15) is 6.54 Å². The zero-order valence-electron chi connectivity index (χ0n) is 17.9. The number of sulfone groups is 1. The molecule has 0 saturated heterocycles. The lowest BCUT2D eigenvalue weighted by Gasteiger charge is -2.25. The molecule has 9 heteroatoms. The van der Waals surface area contributed by atoms with Gasteiger partial charge < -0.3 is 9.64 Å². The third kappa shape index (κ3) is 3.87. The standard InChI is InChI=1S/C24H20N2O6S/c1-25(17-8-4-3-5-9-17)22(27)15-26-19-14-16(24(29)32-2)12-13-21(19)33(30,31)20-11-7-6-10-18(20)23(26)28/h3-14H,15H2,1-2H3. The molecule has 1 heterocycles. The van der Waals surface area contributed by atoms with Crippen LogP contribution in [0.4, 0.5) is 11.4 Å². The van der Waals surface area contributed by atoms with E-state index in [1.165, 1.54) is 48.4 Å². The number of benzene rings is 3. The molecule has 8 nitrogen and oxygen atoms in total. The summed E-state index contributed by atoms with van der Waals surface area (Å²) in [6.45, 7) is -0.439. The van der Waals surface area contributed by atoms with Crippen LogP contribution in [0, 0.1) is 0 Å². The van der Waals surface area contributed by atoms with Crippen molar-refractivity contribution in [1.29, 1.82) is 0 Å². The third-order valence-electron chi connectivity index (χ3n) is 5.42. The van der Waals surface area contributed by atoms with Crippen molar-refractivity contribution in [1.82, 2.24) is 0 Å². The van der Waals surface area contributed by atoms with Crippen molar-refractivity contribution in [2.24, 2.45) is 0 Å². The van der Waals surface area contributed by atoms with Crippen molar-refractivity contribution in [3.8, 4) is 0 Å². The molecule has 2 amide bonds. The molecule has 3 aromatic rings. The fourth-order valence-electron chi connectivity index (χ4n) is 3.65. The van der Waals surface area contributed by atoms with E-state index < -0.39 is 34.2 Å². The first kappa shape index (κ1) is 22.2. The molecule has 1 aliphatic rings. The zero-order chi connectivity index (χ0) is 23.8. The number of hydrogen-bond donors (Lipinski definition) is 0. The monoisotopic (exact) mass is 464 g/mol. The van der Waals surface area contributed by atoms with E-state index in [4.69, 9.17) is 4.74 Å². The molecule has 33 heavy (non-hydrogen) atoms. The Bertz CT molecular complexity index is 1370. The van der Waals surface area contributed by atoms with Crippen LogP contribution in [0.3, 0.4) is 0 Å². The van der Waals surface area contributed by atoms with E-state index >= 15 is 0 Å². The number of carbonyl (C=O) groups excluding carboxylic acids is 3. The summed E-state index contributed by atoms with van der Waals surface area (Å²) in [4.78, 5) is 40.9. The van der Waals surface area contributed by atoms with Crippen LogP contribution in [0.5, 0.6) is 0 Å². The largest absolute Gasteiger partial charge is 0.465 e. The summed E-state index contributed by atoms with van der Waals surface area (Å²) in [5, 5.41) is 0. The van der Waals surface area contributed by atoms with Crippen LogP contribution in [0.1, 0.15) is 20.7 Å². The first-order valence-electron chi connectivity index (χ1n) is 9.95. The Kier molecular flexibility index (Phi) is 5.73. The minimum absolute atomic E-state index is 0.0523. The molecule has 4 rings (SSSR count). The zero-order valence-corrected chi connectivity index (χ0v) is 18.7. The molecule has 0 radical (unpaired) electrons. The number of likely N-dealkylation sites (N-methyl/N-ethyl adjacent to an activating group) is 1. The molecule has 0 aromatic heterocycles. The SMILES string of the molecule is COC(=O)c1ccc2c(c1)N(CC(=O)N(C)c1ccccc1)C(=O)c1ccccc1S2(=O)=O. The predicted octanol–water partition coefficient (Wildman–Crippen LogP) is 2.93. The molecule has 0 unspecified atom stereocenters. The van der Waals surface area contributed by atoms with Crippen LogP contribution in [0.2, 0.25) is 0 Å². The summed E-state index contributed by atoms with van der Waals surface area (Å²) in [6, 6.07) is 18.5. The van der Waals surface area contributed by atoms with Crippen molar-refractivity contribution in [2.75, 3.05) is 30.5 Å². The van der Waals surface area contributed by atoms with Crippen molar-refractivity contribution < 1.29 is 27.5 Å². The van der Waals surface area contributed by atoms with Gasteiger partial charge in [-0.25, -0.2) is 13.2 Å². The van der Waals surface area contributed by atoms with Gasteiger partial charge in [0.05, 0.1) is 33.7 Å². The first-order valence-corrected chi connectivity index (χ1v) is 11.4. The van der Waals surface area contributed by atoms with Gasteiger partial charge >= 0.3 is 5.97 Å². The van der Waals surface area contributed by atoms with Gasteiger partial charge in [-0.3, -0.25) is 14.5 Å². The van der Waals surface area contributed by atoms with Crippen LogP contribution >= 0.6 is 0 Å². The Morgan fingerprint density at radius 1 is 0.939 bits per heavy atom. The van der Waals surface area contributed by atoms with Gasteiger partial charge in [0.25, 0.3) is 5.91 Å². The number of rotatable bonds is 4. The fraction of sp³-hybridized carbons (Fsp3) is 0.125. The van der Waals surface area contributed by atoms with Crippen molar-refractivity contribution in [2.45, 2.75) is 9.79 Å². The van der Waals surface area contributed by atoms with E-state index in [0.717, 1.165) is 4.90 Å². The Hall–Kier alpha value is -3.98. The number of esters is 1. The number of ether oxygens (including phenoxy) is 1. The second kappa shape index (κ2) is 8.51. The predicted molar refractivity (Wildman–Crippen MR) is 121 cm³/mol. The quantitative estimate of drug-likeness (QED) is 0.551. The summed E-state index contributed by atoms with van der Waals surface area (Å²) in [6.07, 6.45) is 0. The highest BCUT2D eigenvalue weighted by atomic mass is 32.2. The van der Waals surface area contributed by atoms with E-state index in [1.54, 1.807) is 37.4 Å². The van der Waals surface area contributed by atoms with Gasteiger partial charge in [-0.05, 0) is 42.5 Å². The maximum atomic E-state index is 13.5. The van der Waals surface area contributed by atoms with Gasteiger partial charge in [-0.1, -0.05) is 30.3 Å². The molecule has 0 N–H and O–H groups in total. The molecular weight excluding hydrogens is 444 g/mol. The molecule has 0 fully saturated rings. The Labute approximate surface area is 190 Å². The lowest BCUT2D eigenvalue weighted by Crippen LogP contribution is -2.42. The minimum atomic E-state index is -4.10. The highest BCUT2D eigenvalue weighted by Crippen LogP contribution is 2.37. The summed E-state index contributed by atoms with van der Waals surface area (Å²) >= 11 is 0. The lowest BCUT2D eigenvalue weighted by molar-refractivity contribution is -0.117. The Morgan fingerprint density at radius 2 is 1.61 bits per heavy atom. The second-order valence-electron chi connectivity index (χ2n) is 7.35. The first-order chi connectivity index (χ1) is 15.8. The van der Waals surface area contributed by atoms with Crippen LogP contribution in [0.15, 0.2) is 82.6 Å². The van der Waals surface area contributed by atoms with Crippen LogP contribution in [-0.4, -0.2) is 46.9 Å². The van der Waals surface area contributed by atoms with Crippen LogP contribution < -0.4 is 9.80 Å². The average molecular weight is 464 g/mol. The topological polar surface area (TPSA) is 101 Å². The average Bonchev–Trinajstić information content (AvgIpc) is 2.91. The number of anilines is 2. The number of amides is 2. The van der Waals surface area contributed by atoms with E-state index in [-0.39, 0.29) is 26.6 Å². The van der Waals surface area contributed by atoms with Gasteiger partial charge in [-0.15, -0.1) is 0 Å². The molecule has 0 spiro atoms. The third-order valence-corrected chi connectivity index (χ3v) is 7.28. The smallest absolute Gasteiger partial charge is 0.337 e. The summed E-state index contributed by atoms with van der Waals surface area (Å²) in [5.41, 5.74) is 0.554. The second-order valence-corrected chi connectivity index (χ2v) is 9.24. The Balaban J connectivity index is 1.87. The van der Waals surface area contributed by atoms with E-state index in [1.807, 2.05) is 6.07 Å². The van der Waals surface area contributed by atoms with Gasteiger partial charge in [0.2, 0.25) is 15.7 Å². The number of fused-ring (bicyclic) bond motifs is 2. The molecule has 0 atom stereocenters. The molecule has 0 bridgehead atoms. The molecule has 0 aliphatic carbocycles. The summed E-state index contributed by atoms with van der Waals surface area (Å²) < 4.78 is 31.6. The van der Waals surface area contributed by atoms with Gasteiger partial charge in [0, 0.05) is 12.7 Å². The molecular formula is C24H20N2O6S. The normalized spacial score (nSPS) is 14.0. The number of carbonyl (C=O) groups is 3. The van der Waals surface area contributed by atoms with Crippen molar-refractivity contribution >= 4 is 39.0 Å². The van der Waals surface area contributed by atoms with Crippen molar-refractivity contribution in [3.05, 3.63) is 83.9 Å². The summed E-state index contributed by atoms with van der Waals surface area (Å²) in [7, 11) is -1.34. The highest BCUT2D eigenvalue weighted by molar-refractivity contribution is 7.91. The van der Waals surface area contributed by atoms with E-state index in [2.05, 4.69) is 0 Å². The fourth-order valence-corrected chi connectivity index (χ4v) is 5.28. The van der Waals surface area contributed by atoms with E-state index in [0.29, 0.717) is 5.69 Å². The molecule has 168 valence electrons. The van der Waals surface area contributed by atoms with Gasteiger partial charge in [0.15, 0.2) is 0 Å². The molecule has 3 aromatic carbocycles. The number of hydrogen-bond acceptors (Lipinski definition) is 6. The Morgan fingerprint density at radius 3 is 2.30 bits per heavy atom. The highest BCUT2D eigenvalue weighted by Gasteiger charge is 2.37. The lowest BCUT2D eigenvalue weighted by atomic mass is 10.1. The van der Waals surface area contributed by atoms with Crippen LogP contribution in [-0.2, 0) is 19.4 Å². The molecule has 1 aliphatic heterocycles. The number of methoxy groups -OCH3 is 1. The maximum Gasteiger partial charge on any atom is 0.337 e. The summed E-state index contributed by atoms with van der Waals surface area (Å²) in [5.74, 6) is -1.80. The number of para-hydroxylation sites is 1. The van der Waals surface area contributed by atoms with Crippen molar-refractivity contribution in [3.63, 3.8) is 0 Å². The molecule has 0 saturated carbocycles. The maximum absolute atomic E-state index is 13.5. The van der Waals surface area contributed by atoms with E-state index in [9.17, 15) is 22.8 Å².